The number of hydrogen-bond donors (Lipinski definition) is 0. The van der Waals surface area contributed by atoms with Crippen molar-refractivity contribution in [2.24, 2.45) is 7.05 Å². The predicted octanol–water partition coefficient (Wildman–Crippen LogP) is 3.16. The number of hydrogen-bond acceptors (Lipinski definition) is 2. The van der Waals surface area contributed by atoms with Crippen molar-refractivity contribution in [3.05, 3.63) is 62.7 Å². The molecule has 21 heavy (non-hydrogen) atoms. The van der Waals surface area contributed by atoms with Gasteiger partial charge in [0, 0.05) is 45.8 Å². The summed E-state index contributed by atoms with van der Waals surface area (Å²) in [4.78, 5) is 11.9. The van der Waals surface area contributed by atoms with Gasteiger partial charge < -0.3 is 9.30 Å². The third-order valence-corrected chi connectivity index (χ3v) is 3.52. The van der Waals surface area contributed by atoms with Crippen molar-refractivity contribution in [1.29, 1.82) is 0 Å². The van der Waals surface area contributed by atoms with Crippen molar-refractivity contribution in [3.8, 4) is 17.0 Å². The van der Waals surface area contributed by atoms with E-state index in [1.807, 2.05) is 22.6 Å². The van der Waals surface area contributed by atoms with Gasteiger partial charge >= 0.3 is 0 Å². The zero-order valence-electron chi connectivity index (χ0n) is 11.4. The van der Waals surface area contributed by atoms with Crippen LogP contribution in [0, 0.1) is 15.5 Å². The Balaban J connectivity index is 0.00000220. The van der Waals surface area contributed by atoms with Crippen molar-refractivity contribution >= 4 is 22.6 Å². The van der Waals surface area contributed by atoms with Crippen molar-refractivity contribution in [1.82, 2.24) is 4.57 Å². The average Bonchev–Trinajstić information content (AvgIpc) is 2.44. The monoisotopic (exact) mass is 473 g/mol. The van der Waals surface area contributed by atoms with Gasteiger partial charge in [-0.1, -0.05) is 23.9 Å². The standard InChI is InChI=1S/C15H12FINO2.Y/c1-3-8-20-10-4-5-11(12(16)9-10)14-7-6-13(17)15(19)18(14)2;/h3-6,9H,1,8H2,2H3;/q-1;. The molecule has 0 fully saturated rings. The summed E-state index contributed by atoms with van der Waals surface area (Å²) < 4.78 is 21.3. The van der Waals surface area contributed by atoms with E-state index in [0.29, 0.717) is 27.2 Å². The summed E-state index contributed by atoms with van der Waals surface area (Å²) in [5, 5.41) is 0. The number of halogens is 2. The van der Waals surface area contributed by atoms with Crippen LogP contribution >= 0.6 is 22.6 Å². The summed E-state index contributed by atoms with van der Waals surface area (Å²) in [7, 11) is 1.60. The van der Waals surface area contributed by atoms with Crippen LogP contribution in [0.1, 0.15) is 0 Å². The number of aromatic nitrogens is 1. The molecule has 107 valence electrons. The smallest absolute Gasteiger partial charge is 0.207 e. The summed E-state index contributed by atoms with van der Waals surface area (Å²) in [5.41, 5.74) is 0.542. The van der Waals surface area contributed by atoms with E-state index in [2.05, 4.69) is 12.6 Å². The average molecular weight is 473 g/mol. The van der Waals surface area contributed by atoms with Gasteiger partial charge in [0.2, 0.25) is 5.56 Å². The molecule has 2 aromatic rings. The molecule has 0 aliphatic carbocycles. The molecule has 0 unspecified atom stereocenters. The Hall–Kier alpha value is -0.526. The van der Waals surface area contributed by atoms with Gasteiger partial charge in [0.05, 0.1) is 5.82 Å². The molecule has 1 heterocycles. The molecule has 0 N–H and O–H groups in total. The zero-order chi connectivity index (χ0) is 14.7. The Bertz CT molecular complexity index is 715. The molecule has 1 aromatic heterocycles. The molecule has 1 radical (unpaired) electrons. The molecular weight excluding hydrogens is 461 g/mol. The van der Waals surface area contributed by atoms with E-state index in [9.17, 15) is 9.18 Å². The molecule has 0 spiro atoms. The molecule has 0 saturated carbocycles. The van der Waals surface area contributed by atoms with Crippen LogP contribution in [-0.2, 0) is 39.8 Å². The molecule has 1 aromatic carbocycles. The fraction of sp³-hybridized carbons (Fsp3) is 0.133. The quantitative estimate of drug-likeness (QED) is 0.389. The number of rotatable bonds is 4. The first-order valence-electron chi connectivity index (χ1n) is 5.85. The molecular formula is C15H12FINO2Y-. The van der Waals surface area contributed by atoms with Crippen LogP contribution in [0.2, 0.25) is 0 Å². The van der Waals surface area contributed by atoms with E-state index < -0.39 is 5.82 Å². The normalized spacial score (nSPS) is 9.86. The molecule has 0 amide bonds. The number of pyridine rings is 1. The second-order valence-corrected chi connectivity index (χ2v) is 5.25. The minimum absolute atomic E-state index is 0. The fourth-order valence-corrected chi connectivity index (χ4v) is 2.26. The minimum Gasteiger partial charge on any atom is -0.490 e. The van der Waals surface area contributed by atoms with Gasteiger partial charge in [-0.25, -0.2) is 4.39 Å². The van der Waals surface area contributed by atoms with Crippen molar-refractivity contribution in [2.45, 2.75) is 0 Å². The van der Waals surface area contributed by atoms with E-state index in [1.165, 1.54) is 10.6 Å². The molecule has 3 nitrogen and oxygen atoms in total. The SMILES string of the molecule is C=CCOc1ccc(-c2[c-]cc(I)c(=O)n2C)c(F)c1.[Y]. The molecule has 0 aliphatic heterocycles. The topological polar surface area (TPSA) is 31.2 Å². The fourth-order valence-electron chi connectivity index (χ4n) is 1.74. The van der Waals surface area contributed by atoms with Gasteiger partial charge in [-0.3, -0.25) is 4.79 Å². The van der Waals surface area contributed by atoms with Gasteiger partial charge in [-0.15, -0.1) is 28.7 Å². The molecule has 0 atom stereocenters. The Morgan fingerprint density at radius 1 is 1.52 bits per heavy atom. The third kappa shape index (κ3) is 4.23. The van der Waals surface area contributed by atoms with Crippen LogP contribution < -0.4 is 10.3 Å². The maximum Gasteiger partial charge on any atom is 0.207 e. The zero-order valence-corrected chi connectivity index (χ0v) is 16.4. The minimum atomic E-state index is -0.459. The van der Waals surface area contributed by atoms with Crippen LogP contribution in [0.25, 0.3) is 11.3 Å². The van der Waals surface area contributed by atoms with E-state index in [-0.39, 0.29) is 38.3 Å². The summed E-state index contributed by atoms with van der Waals surface area (Å²) in [5.74, 6) is -0.0410. The number of benzene rings is 1. The predicted molar refractivity (Wildman–Crippen MR) is 84.3 cm³/mol. The van der Waals surface area contributed by atoms with Crippen LogP contribution in [0.3, 0.4) is 0 Å². The third-order valence-electron chi connectivity index (χ3n) is 2.74. The molecule has 0 saturated heterocycles. The largest absolute Gasteiger partial charge is 0.490 e. The molecule has 0 bridgehead atoms. The first-order chi connectivity index (χ1) is 9.54. The first kappa shape index (κ1) is 18.5. The molecule has 0 aliphatic rings. The second-order valence-electron chi connectivity index (χ2n) is 4.09. The van der Waals surface area contributed by atoms with Crippen LogP contribution in [0.5, 0.6) is 5.75 Å². The van der Waals surface area contributed by atoms with Gasteiger partial charge in [0.15, 0.2) is 0 Å². The maximum atomic E-state index is 14.1. The Morgan fingerprint density at radius 3 is 2.86 bits per heavy atom. The van der Waals surface area contributed by atoms with E-state index >= 15 is 0 Å². The maximum absolute atomic E-state index is 14.1. The summed E-state index contributed by atoms with van der Waals surface area (Å²) in [6, 6.07) is 8.99. The van der Waals surface area contributed by atoms with Gasteiger partial charge in [0.25, 0.3) is 0 Å². The van der Waals surface area contributed by atoms with Crippen LogP contribution in [-0.4, -0.2) is 11.2 Å². The van der Waals surface area contributed by atoms with Crippen molar-refractivity contribution in [2.75, 3.05) is 6.61 Å². The molecule has 6 heteroatoms. The van der Waals surface area contributed by atoms with Crippen molar-refractivity contribution in [3.63, 3.8) is 0 Å². The van der Waals surface area contributed by atoms with E-state index in [4.69, 9.17) is 4.74 Å². The first-order valence-corrected chi connectivity index (χ1v) is 6.93. The van der Waals surface area contributed by atoms with E-state index in [0.717, 1.165) is 0 Å². The summed E-state index contributed by atoms with van der Waals surface area (Å²) in [6.07, 6.45) is 1.59. The second kappa shape index (κ2) is 8.20. The molecule has 2 rings (SSSR count). The Labute approximate surface area is 161 Å². The number of nitrogens with zero attached hydrogens (tertiary/aromatic N) is 1. The van der Waals surface area contributed by atoms with Gasteiger partial charge in [-0.05, 0) is 9.64 Å². The summed E-state index contributed by atoms with van der Waals surface area (Å²) in [6.45, 7) is 3.84. The van der Waals surface area contributed by atoms with Crippen LogP contribution in [0.4, 0.5) is 4.39 Å². The van der Waals surface area contributed by atoms with Gasteiger partial charge in [0.1, 0.15) is 12.4 Å². The van der Waals surface area contributed by atoms with Crippen molar-refractivity contribution < 1.29 is 41.8 Å². The van der Waals surface area contributed by atoms with E-state index in [1.54, 1.807) is 31.3 Å². The van der Waals surface area contributed by atoms with Crippen LogP contribution in [0.15, 0.2) is 41.7 Å². The Kier molecular flexibility index (Phi) is 7.23. The number of ether oxygens (including phenoxy) is 1. The van der Waals surface area contributed by atoms with Gasteiger partial charge in [-0.2, -0.15) is 12.1 Å². The Morgan fingerprint density at radius 2 is 2.24 bits per heavy atom. The summed E-state index contributed by atoms with van der Waals surface area (Å²) >= 11 is 1.93.